The van der Waals surface area contributed by atoms with Crippen LogP contribution in [0.15, 0.2) is 110 Å². The Labute approximate surface area is 293 Å². The Morgan fingerprint density at radius 2 is 1.38 bits per heavy atom. The first-order chi connectivity index (χ1) is 24.2. The van der Waals surface area contributed by atoms with E-state index < -0.39 is 47.9 Å². The average Bonchev–Trinajstić information content (AvgIpc) is 3.12. The molecule has 0 heterocycles. The molecule has 4 atom stereocenters. The number of nitrogens with one attached hydrogen (secondary N) is 3. The molecule has 11 heteroatoms. The van der Waals surface area contributed by atoms with Gasteiger partial charge in [0.15, 0.2) is 0 Å². The summed E-state index contributed by atoms with van der Waals surface area (Å²) >= 11 is 0. The van der Waals surface area contributed by atoms with Crippen molar-refractivity contribution < 1.29 is 38.5 Å². The minimum Gasteiger partial charge on any atom is -0.489 e. The molecule has 0 fully saturated rings. The molecule has 0 radical (unpaired) electrons. The van der Waals surface area contributed by atoms with Crippen LogP contribution in [0.1, 0.15) is 42.9 Å². The van der Waals surface area contributed by atoms with Crippen LogP contribution in [0.4, 0.5) is 4.79 Å². The molecule has 3 amide bonds. The molecule has 3 aromatic carbocycles. The van der Waals surface area contributed by atoms with Gasteiger partial charge in [-0.05, 0) is 55.0 Å². The summed E-state index contributed by atoms with van der Waals surface area (Å²) in [6.07, 6.45) is 2.83. The molecule has 50 heavy (non-hydrogen) atoms. The number of benzene rings is 3. The smallest absolute Gasteiger partial charge is 0.408 e. The summed E-state index contributed by atoms with van der Waals surface area (Å²) in [5.41, 5.74) is 2.75. The van der Waals surface area contributed by atoms with Gasteiger partial charge in [0.1, 0.15) is 31.6 Å². The van der Waals surface area contributed by atoms with Gasteiger partial charge in [0.05, 0.1) is 24.6 Å². The topological polar surface area (TPSA) is 152 Å². The minimum absolute atomic E-state index is 0.0374. The van der Waals surface area contributed by atoms with E-state index in [1.807, 2.05) is 84.9 Å². The lowest BCUT2D eigenvalue weighted by molar-refractivity contribution is -0.147. The molecule has 0 unspecified atom stereocenters. The van der Waals surface area contributed by atoms with Gasteiger partial charge in [0.25, 0.3) is 0 Å². The van der Waals surface area contributed by atoms with Crippen LogP contribution >= 0.6 is 0 Å². The number of carbonyl (C=O) groups is 4. The van der Waals surface area contributed by atoms with E-state index in [1.54, 1.807) is 13.0 Å². The van der Waals surface area contributed by atoms with E-state index in [0.717, 1.165) is 16.7 Å². The zero-order chi connectivity index (χ0) is 36.1. The minimum atomic E-state index is -1.03. The summed E-state index contributed by atoms with van der Waals surface area (Å²) in [4.78, 5) is 51.0. The van der Waals surface area contributed by atoms with E-state index >= 15 is 0 Å². The highest BCUT2D eigenvalue weighted by Gasteiger charge is 2.26. The van der Waals surface area contributed by atoms with Crippen molar-refractivity contribution in [2.24, 2.45) is 5.92 Å². The number of hydrogen-bond donors (Lipinski definition) is 4. The molecule has 0 bridgehead atoms. The zero-order valence-electron chi connectivity index (χ0n) is 28.4. The maximum atomic E-state index is 13.1. The number of amides is 3. The average molecular weight is 686 g/mol. The molecular weight excluding hydrogens is 638 g/mol. The molecule has 0 spiro atoms. The van der Waals surface area contributed by atoms with Crippen molar-refractivity contribution in [2.75, 3.05) is 13.2 Å². The fraction of sp³-hybridized carbons (Fsp3) is 0.333. The van der Waals surface area contributed by atoms with Gasteiger partial charge in [-0.2, -0.15) is 0 Å². The van der Waals surface area contributed by atoms with Crippen LogP contribution < -0.4 is 20.7 Å². The van der Waals surface area contributed by atoms with Gasteiger partial charge in [-0.3, -0.25) is 9.59 Å². The normalized spacial score (nSPS) is 13.0. The largest absolute Gasteiger partial charge is 0.489 e. The predicted molar refractivity (Wildman–Crippen MR) is 190 cm³/mol. The third-order valence-electron chi connectivity index (χ3n) is 7.55. The molecule has 4 N–H and O–H groups in total. The van der Waals surface area contributed by atoms with Crippen molar-refractivity contribution in [1.29, 1.82) is 0 Å². The second-order valence-electron chi connectivity index (χ2n) is 11.8. The highest BCUT2D eigenvalue weighted by molar-refractivity contribution is 5.86. The molecular formula is C39H47N3O8. The summed E-state index contributed by atoms with van der Waals surface area (Å²) in [5, 5.41) is 18.0. The Kier molecular flexibility index (Phi) is 16.8. The highest BCUT2D eigenvalue weighted by Crippen LogP contribution is 2.16. The number of rotatable bonds is 21. The number of alkyl carbamates (subject to hydrolysis) is 1. The lowest BCUT2D eigenvalue weighted by Gasteiger charge is -2.22. The zero-order valence-corrected chi connectivity index (χ0v) is 28.4. The Bertz CT molecular complexity index is 1520. The van der Waals surface area contributed by atoms with Crippen molar-refractivity contribution in [3.63, 3.8) is 0 Å². The number of hydrogen-bond acceptors (Lipinski definition) is 8. The number of aliphatic hydroxyl groups is 1. The van der Waals surface area contributed by atoms with Crippen molar-refractivity contribution in [1.82, 2.24) is 16.0 Å². The Hall–Kier alpha value is -5.42. The third kappa shape index (κ3) is 14.4. The van der Waals surface area contributed by atoms with Crippen molar-refractivity contribution in [2.45, 2.75) is 63.9 Å². The monoisotopic (exact) mass is 685 g/mol. The summed E-state index contributed by atoms with van der Waals surface area (Å²) in [5.74, 6) is -1.56. The summed E-state index contributed by atoms with van der Waals surface area (Å²) in [6, 6.07) is 24.2. The SMILES string of the molecule is C=CC[C@H](CC(=O)N[C@H](CO)Cc1ccc(OCc2ccccc2)cc1)C(=O)N[C@@H](C)COC(=O)[C@@H](CC=C)NC(=O)OCc1ccccc1. The van der Waals surface area contributed by atoms with Gasteiger partial charge < -0.3 is 35.3 Å². The van der Waals surface area contributed by atoms with Crippen LogP contribution in [-0.2, 0) is 43.5 Å². The molecule has 0 aromatic heterocycles. The highest BCUT2D eigenvalue weighted by atomic mass is 16.6. The second-order valence-corrected chi connectivity index (χ2v) is 11.8. The Morgan fingerprint density at radius 1 is 0.760 bits per heavy atom. The van der Waals surface area contributed by atoms with Gasteiger partial charge in [0.2, 0.25) is 11.8 Å². The fourth-order valence-electron chi connectivity index (χ4n) is 4.90. The van der Waals surface area contributed by atoms with Crippen molar-refractivity contribution >= 4 is 23.9 Å². The standard InChI is InChI=1S/C39H47N3O8/c1-4-12-32(23-36(44)41-33(24-43)22-29-18-20-34(21-19-29)48-26-30-14-8-6-9-15-30)37(45)40-28(3)25-49-38(46)35(13-5-2)42-39(47)50-27-31-16-10-7-11-17-31/h4-11,14-21,28,32-33,35,43H,1-2,12-13,22-27H2,3H3,(H,40,45)(H,41,44)(H,42,47)/t28-,32+,33-,35+/m0/s1. The molecule has 0 aliphatic rings. The summed E-state index contributed by atoms with van der Waals surface area (Å²) < 4.78 is 16.4. The van der Waals surface area contributed by atoms with Crippen molar-refractivity contribution in [3.8, 4) is 5.75 Å². The molecule has 266 valence electrons. The number of carbonyl (C=O) groups excluding carboxylic acids is 4. The predicted octanol–water partition coefficient (Wildman–Crippen LogP) is 4.79. The molecule has 3 rings (SSSR count). The first-order valence-electron chi connectivity index (χ1n) is 16.5. The van der Waals surface area contributed by atoms with E-state index in [9.17, 15) is 24.3 Å². The molecule has 0 aliphatic carbocycles. The second kappa shape index (κ2) is 21.5. The number of allylic oxidation sites excluding steroid dienone is 1. The summed E-state index contributed by atoms with van der Waals surface area (Å²) in [6.45, 7) is 9.01. The van der Waals surface area contributed by atoms with E-state index in [0.29, 0.717) is 18.8 Å². The summed E-state index contributed by atoms with van der Waals surface area (Å²) in [7, 11) is 0. The number of aliphatic hydroxyl groups excluding tert-OH is 1. The first kappa shape index (κ1) is 39.0. The van der Waals surface area contributed by atoms with Gasteiger partial charge in [-0.1, -0.05) is 84.9 Å². The van der Waals surface area contributed by atoms with E-state index in [4.69, 9.17) is 14.2 Å². The third-order valence-corrected chi connectivity index (χ3v) is 7.55. The quantitative estimate of drug-likeness (QED) is 0.0924. The Balaban J connectivity index is 1.43. The number of esters is 1. The number of ether oxygens (including phenoxy) is 3. The molecule has 3 aromatic rings. The molecule has 0 saturated heterocycles. The lowest BCUT2D eigenvalue weighted by Crippen LogP contribution is -2.45. The first-order valence-corrected chi connectivity index (χ1v) is 16.5. The van der Waals surface area contributed by atoms with Crippen LogP contribution in [0.2, 0.25) is 0 Å². The van der Waals surface area contributed by atoms with Gasteiger partial charge in [0, 0.05) is 6.42 Å². The van der Waals surface area contributed by atoms with Crippen LogP contribution in [0, 0.1) is 5.92 Å². The van der Waals surface area contributed by atoms with Gasteiger partial charge in [-0.15, -0.1) is 13.2 Å². The van der Waals surface area contributed by atoms with Crippen LogP contribution in [0.5, 0.6) is 5.75 Å². The van der Waals surface area contributed by atoms with Crippen LogP contribution in [0.3, 0.4) is 0 Å². The van der Waals surface area contributed by atoms with Crippen LogP contribution in [-0.4, -0.2) is 60.3 Å². The molecule has 11 nitrogen and oxygen atoms in total. The van der Waals surface area contributed by atoms with E-state index in [1.165, 1.54) is 6.08 Å². The van der Waals surface area contributed by atoms with Crippen LogP contribution in [0.25, 0.3) is 0 Å². The van der Waals surface area contributed by atoms with Crippen molar-refractivity contribution in [3.05, 3.63) is 127 Å². The van der Waals surface area contributed by atoms with E-state index in [-0.39, 0.29) is 39.1 Å². The maximum absolute atomic E-state index is 13.1. The fourth-order valence-corrected chi connectivity index (χ4v) is 4.90. The van der Waals surface area contributed by atoms with E-state index in [2.05, 4.69) is 29.1 Å². The van der Waals surface area contributed by atoms with Gasteiger partial charge in [-0.25, -0.2) is 9.59 Å². The molecule has 0 aliphatic heterocycles. The maximum Gasteiger partial charge on any atom is 0.408 e. The lowest BCUT2D eigenvalue weighted by atomic mass is 9.98. The molecule has 0 saturated carbocycles. The van der Waals surface area contributed by atoms with Gasteiger partial charge >= 0.3 is 12.1 Å². The Morgan fingerprint density at radius 3 is 1.98 bits per heavy atom.